The molecule has 2 aromatic rings. The van der Waals surface area contributed by atoms with Gasteiger partial charge in [-0.05, 0) is 42.8 Å². The first-order chi connectivity index (χ1) is 8.15. The van der Waals surface area contributed by atoms with Crippen molar-refractivity contribution < 1.29 is 5.11 Å². The summed E-state index contributed by atoms with van der Waals surface area (Å²) in [7, 11) is 0. The van der Waals surface area contributed by atoms with E-state index in [9.17, 15) is 5.11 Å². The van der Waals surface area contributed by atoms with Crippen LogP contribution in [0.1, 0.15) is 24.2 Å². The number of nitrogens with zero attached hydrogens (tertiary/aromatic N) is 3. The van der Waals surface area contributed by atoms with E-state index in [4.69, 9.17) is 0 Å². The van der Waals surface area contributed by atoms with Crippen LogP contribution in [0.3, 0.4) is 0 Å². The molecule has 5 heteroatoms. The van der Waals surface area contributed by atoms with Crippen LogP contribution in [0.2, 0.25) is 0 Å². The minimum absolute atomic E-state index is 0.489. The Morgan fingerprint density at radius 2 is 1.82 bits per heavy atom. The fourth-order valence-electron chi connectivity index (χ4n) is 1.23. The highest BCUT2D eigenvalue weighted by molar-refractivity contribution is 7.99. The average Bonchev–Trinajstić information content (AvgIpc) is 2.33. The van der Waals surface area contributed by atoms with E-state index in [2.05, 4.69) is 15.0 Å². The zero-order valence-electron chi connectivity index (χ0n) is 9.66. The van der Waals surface area contributed by atoms with E-state index < -0.39 is 6.10 Å². The zero-order valence-corrected chi connectivity index (χ0v) is 10.5. The van der Waals surface area contributed by atoms with Crippen molar-refractivity contribution in [2.24, 2.45) is 0 Å². The summed E-state index contributed by atoms with van der Waals surface area (Å²) in [5, 5.41) is 10.9. The molecule has 4 nitrogen and oxygen atoms in total. The second-order valence-corrected chi connectivity index (χ2v) is 4.74. The molecule has 2 rings (SSSR count). The van der Waals surface area contributed by atoms with Crippen molar-refractivity contribution >= 4 is 11.8 Å². The molecule has 0 aromatic carbocycles. The second kappa shape index (κ2) is 5.25. The van der Waals surface area contributed by atoms with Gasteiger partial charge in [-0.25, -0.2) is 15.0 Å². The average molecular weight is 247 g/mol. The van der Waals surface area contributed by atoms with E-state index in [0.717, 1.165) is 16.2 Å². The number of aromatic nitrogens is 3. The number of pyridine rings is 1. The Labute approximate surface area is 104 Å². The van der Waals surface area contributed by atoms with Crippen molar-refractivity contribution in [3.63, 3.8) is 0 Å². The molecule has 88 valence electrons. The van der Waals surface area contributed by atoms with Gasteiger partial charge in [-0.15, -0.1) is 0 Å². The van der Waals surface area contributed by atoms with Gasteiger partial charge < -0.3 is 5.11 Å². The van der Waals surface area contributed by atoms with E-state index >= 15 is 0 Å². The molecular weight excluding hydrogens is 234 g/mol. The van der Waals surface area contributed by atoms with E-state index in [1.54, 1.807) is 25.5 Å². The molecule has 0 spiro atoms. The van der Waals surface area contributed by atoms with Gasteiger partial charge in [-0.1, -0.05) is 6.07 Å². The van der Waals surface area contributed by atoms with Gasteiger partial charge in [0.05, 0.1) is 6.10 Å². The minimum Gasteiger partial charge on any atom is -0.389 e. The third-order valence-electron chi connectivity index (χ3n) is 2.19. The van der Waals surface area contributed by atoms with Crippen molar-refractivity contribution in [2.75, 3.05) is 0 Å². The smallest absolute Gasteiger partial charge is 0.193 e. The molecule has 0 saturated heterocycles. The summed E-state index contributed by atoms with van der Waals surface area (Å²) in [6.45, 7) is 3.66. The summed E-state index contributed by atoms with van der Waals surface area (Å²) in [6.07, 6.45) is 4.73. The van der Waals surface area contributed by atoms with Gasteiger partial charge in [-0.3, -0.25) is 0 Å². The first-order valence-corrected chi connectivity index (χ1v) is 6.07. The molecule has 0 saturated carbocycles. The second-order valence-electron chi connectivity index (χ2n) is 3.75. The van der Waals surface area contributed by atoms with Crippen LogP contribution in [-0.2, 0) is 0 Å². The first-order valence-electron chi connectivity index (χ1n) is 5.25. The number of aliphatic hydroxyl groups excluding tert-OH is 1. The first kappa shape index (κ1) is 12.0. The van der Waals surface area contributed by atoms with Crippen LogP contribution in [0.5, 0.6) is 0 Å². The Hall–Kier alpha value is -1.46. The highest BCUT2D eigenvalue weighted by atomic mass is 32.2. The molecule has 0 bridgehead atoms. The topological polar surface area (TPSA) is 58.9 Å². The Kier molecular flexibility index (Phi) is 3.71. The lowest BCUT2D eigenvalue weighted by Gasteiger charge is -2.04. The molecule has 17 heavy (non-hydrogen) atoms. The van der Waals surface area contributed by atoms with Gasteiger partial charge in [0.1, 0.15) is 5.03 Å². The van der Waals surface area contributed by atoms with Crippen LogP contribution < -0.4 is 0 Å². The molecule has 0 amide bonds. The SMILES string of the molecule is Cc1cnc(Sc2ccc(C(C)O)cn2)nc1. The largest absolute Gasteiger partial charge is 0.389 e. The van der Waals surface area contributed by atoms with E-state index in [-0.39, 0.29) is 0 Å². The van der Waals surface area contributed by atoms with E-state index in [0.29, 0.717) is 5.16 Å². The molecule has 0 aliphatic heterocycles. The molecule has 1 N–H and O–H groups in total. The highest BCUT2D eigenvalue weighted by Crippen LogP contribution is 2.23. The molecule has 1 atom stereocenters. The molecule has 1 unspecified atom stereocenters. The molecule has 0 fully saturated rings. The normalized spacial score (nSPS) is 12.4. The van der Waals surface area contributed by atoms with E-state index in [1.165, 1.54) is 11.8 Å². The van der Waals surface area contributed by atoms with Crippen LogP contribution >= 0.6 is 11.8 Å². The lowest BCUT2D eigenvalue weighted by molar-refractivity contribution is 0.198. The number of hydrogen-bond donors (Lipinski definition) is 1. The van der Waals surface area contributed by atoms with Crippen molar-refractivity contribution in [1.29, 1.82) is 0 Å². The number of hydrogen-bond acceptors (Lipinski definition) is 5. The lowest BCUT2D eigenvalue weighted by atomic mass is 10.2. The van der Waals surface area contributed by atoms with Crippen LogP contribution in [0.4, 0.5) is 0 Å². The Bertz CT molecular complexity index is 482. The van der Waals surface area contributed by atoms with Crippen molar-refractivity contribution in [3.8, 4) is 0 Å². The summed E-state index contributed by atoms with van der Waals surface area (Å²) in [4.78, 5) is 12.6. The van der Waals surface area contributed by atoms with Crippen molar-refractivity contribution in [1.82, 2.24) is 15.0 Å². The quantitative estimate of drug-likeness (QED) is 0.844. The van der Waals surface area contributed by atoms with Crippen molar-refractivity contribution in [2.45, 2.75) is 30.1 Å². The predicted octanol–water partition coefficient (Wildman–Crippen LogP) is 2.38. The van der Waals surface area contributed by atoms with Crippen LogP contribution in [0.15, 0.2) is 40.9 Å². The lowest BCUT2D eigenvalue weighted by Crippen LogP contribution is -1.93. The van der Waals surface area contributed by atoms with Crippen LogP contribution in [0, 0.1) is 6.92 Å². The molecule has 2 aromatic heterocycles. The third kappa shape index (κ3) is 3.25. The molecular formula is C12H13N3OS. The van der Waals surface area contributed by atoms with E-state index in [1.807, 2.05) is 19.1 Å². The molecule has 0 radical (unpaired) electrons. The number of rotatable bonds is 3. The minimum atomic E-state index is -0.489. The maximum atomic E-state index is 9.36. The monoisotopic (exact) mass is 247 g/mol. The standard InChI is InChI=1S/C12H13N3OS/c1-8-5-14-12(15-6-8)17-11-4-3-10(7-13-11)9(2)16/h3-7,9,16H,1-2H3. The van der Waals surface area contributed by atoms with Gasteiger partial charge in [0, 0.05) is 18.6 Å². The summed E-state index contributed by atoms with van der Waals surface area (Å²) < 4.78 is 0. The summed E-state index contributed by atoms with van der Waals surface area (Å²) in [5.41, 5.74) is 1.84. The third-order valence-corrected chi connectivity index (χ3v) is 3.04. The van der Waals surface area contributed by atoms with Gasteiger partial charge >= 0.3 is 0 Å². The fourth-order valence-corrected chi connectivity index (χ4v) is 1.87. The maximum Gasteiger partial charge on any atom is 0.193 e. The van der Waals surface area contributed by atoms with Gasteiger partial charge in [0.25, 0.3) is 0 Å². The Morgan fingerprint density at radius 3 is 2.35 bits per heavy atom. The van der Waals surface area contributed by atoms with Crippen LogP contribution in [0.25, 0.3) is 0 Å². The maximum absolute atomic E-state index is 9.36. The molecule has 0 aliphatic rings. The highest BCUT2D eigenvalue weighted by Gasteiger charge is 2.04. The number of aliphatic hydroxyl groups is 1. The summed E-state index contributed by atoms with van der Waals surface area (Å²) >= 11 is 1.40. The van der Waals surface area contributed by atoms with Gasteiger partial charge in [0.15, 0.2) is 5.16 Å². The number of aryl methyl sites for hydroxylation is 1. The Balaban J connectivity index is 2.11. The predicted molar refractivity (Wildman–Crippen MR) is 65.8 cm³/mol. The van der Waals surface area contributed by atoms with Crippen molar-refractivity contribution in [3.05, 3.63) is 41.9 Å². The van der Waals surface area contributed by atoms with Crippen LogP contribution in [-0.4, -0.2) is 20.1 Å². The Morgan fingerprint density at radius 1 is 1.12 bits per heavy atom. The summed E-state index contributed by atoms with van der Waals surface area (Å²) in [5.74, 6) is 0. The van der Waals surface area contributed by atoms with Gasteiger partial charge in [0.2, 0.25) is 0 Å². The zero-order chi connectivity index (χ0) is 12.3. The molecule has 0 aliphatic carbocycles. The fraction of sp³-hybridized carbons (Fsp3) is 0.250. The van der Waals surface area contributed by atoms with Gasteiger partial charge in [-0.2, -0.15) is 0 Å². The summed E-state index contributed by atoms with van der Waals surface area (Å²) in [6, 6.07) is 3.71. The molecule has 2 heterocycles.